The Bertz CT molecular complexity index is 2230. The molecule has 1 nitrogen and oxygen atoms in total. The smallest absolute Gasteiger partial charge is 0.134 e. The van der Waals surface area contributed by atoms with E-state index in [1.165, 1.54) is 44.5 Å². The lowest BCUT2D eigenvalue weighted by Gasteiger charge is -2.35. The van der Waals surface area contributed by atoms with Gasteiger partial charge in [0.15, 0.2) is 0 Å². The van der Waals surface area contributed by atoms with Crippen molar-refractivity contribution < 1.29 is 8.85 Å². The van der Waals surface area contributed by atoms with E-state index in [2.05, 4.69) is 112 Å². The summed E-state index contributed by atoms with van der Waals surface area (Å²) in [7, 11) is -3.22. The van der Waals surface area contributed by atoms with E-state index >= 15 is 0 Å². The van der Waals surface area contributed by atoms with Crippen LogP contribution in [0.1, 0.15) is 30.4 Å². The summed E-state index contributed by atoms with van der Waals surface area (Å²) in [5.74, 6) is 1.32. The highest BCUT2D eigenvalue weighted by atomic mass is 28.3. The zero-order chi connectivity index (χ0) is 32.7. The molecule has 0 N–H and O–H groups in total. The van der Waals surface area contributed by atoms with Gasteiger partial charge in [0.1, 0.15) is 19.6 Å². The lowest BCUT2D eigenvalue weighted by atomic mass is 9.75. The predicted octanol–water partition coefficient (Wildman–Crippen LogP) is 10.6. The van der Waals surface area contributed by atoms with Crippen molar-refractivity contribution in [1.82, 2.24) is 0 Å². The van der Waals surface area contributed by atoms with Crippen molar-refractivity contribution in [3.05, 3.63) is 133 Å². The summed E-state index contributed by atoms with van der Waals surface area (Å²) in [6, 6.07) is 44.7. The summed E-state index contributed by atoms with van der Waals surface area (Å²) < 4.78 is 33.2. The quantitative estimate of drug-likeness (QED) is 0.174. The molecule has 2 heteroatoms. The third kappa shape index (κ3) is 3.98. The average Bonchev–Trinajstić information content (AvgIpc) is 3.06. The van der Waals surface area contributed by atoms with Crippen LogP contribution in [0.2, 0.25) is 13.0 Å². The van der Waals surface area contributed by atoms with Crippen LogP contribution >= 0.6 is 0 Å². The van der Waals surface area contributed by atoms with Crippen molar-refractivity contribution in [1.29, 1.82) is 0 Å². The summed E-state index contributed by atoms with van der Waals surface area (Å²) in [6.45, 7) is 6.57. The molecule has 1 aliphatic heterocycles. The molecule has 0 spiro atoms. The van der Waals surface area contributed by atoms with Crippen LogP contribution in [0.3, 0.4) is 0 Å². The molecule has 0 saturated carbocycles. The summed E-state index contributed by atoms with van der Waals surface area (Å²) in [6.07, 6.45) is 0. The summed E-state index contributed by atoms with van der Waals surface area (Å²) >= 11 is 0. The van der Waals surface area contributed by atoms with Crippen LogP contribution in [0.4, 0.5) is 0 Å². The zero-order valence-corrected chi connectivity index (χ0v) is 26.5. The van der Waals surface area contributed by atoms with E-state index in [0.717, 1.165) is 27.1 Å². The summed E-state index contributed by atoms with van der Waals surface area (Å²) in [4.78, 5) is 0. The minimum absolute atomic E-state index is 0.223. The molecule has 0 bridgehead atoms. The molecule has 1 atom stereocenters. The Morgan fingerprint density at radius 3 is 1.50 bits per heavy atom. The van der Waals surface area contributed by atoms with Gasteiger partial charge in [0.2, 0.25) is 0 Å². The maximum absolute atomic E-state index is 8.82. The van der Waals surface area contributed by atoms with Crippen molar-refractivity contribution in [3.8, 4) is 67.1 Å². The zero-order valence-electron chi connectivity index (χ0n) is 28.5. The van der Waals surface area contributed by atoms with Gasteiger partial charge in [-0.15, -0.1) is 0 Å². The molecule has 0 amide bonds. The second-order valence-corrected chi connectivity index (χ2v) is 16.6. The Balaban J connectivity index is 1.48. The maximum atomic E-state index is 8.82. The van der Waals surface area contributed by atoms with Gasteiger partial charge in [-0.1, -0.05) is 143 Å². The molecule has 1 unspecified atom stereocenters. The van der Waals surface area contributed by atoms with Gasteiger partial charge in [-0.3, -0.25) is 0 Å². The molecule has 0 radical (unpaired) electrons. The molecule has 44 heavy (non-hydrogen) atoms. The molecule has 6 aromatic rings. The number of hydrogen-bond acceptors (Lipinski definition) is 1. The van der Waals surface area contributed by atoms with Crippen molar-refractivity contribution in [2.24, 2.45) is 0 Å². The van der Waals surface area contributed by atoms with E-state index in [9.17, 15) is 0 Å². The van der Waals surface area contributed by atoms with E-state index in [4.69, 9.17) is 8.85 Å². The normalized spacial score (nSPS) is 17.4. The molecule has 8 rings (SSSR count). The molecule has 6 aromatic carbocycles. The highest BCUT2D eigenvalue weighted by Crippen LogP contribution is 2.51. The first-order valence-electron chi connectivity index (χ1n) is 16.9. The standard InChI is InChI=1S/C42H36OSi/c1-42(2,3)37-26-35-32-20-11-9-18-30(32)28-16-7-6-15-27(28)29-17-8-10-19-31(29)34(35)25-36(37)33-21-14-24-40-41(33)43-38-22-12-13-23-39(38)44(40,4)5/h6-26H,1-5H3/i4D3. The SMILES string of the molecule is [2H]C([2H])([2H])[Si]1(C)c2ccccc2Oc2c(-c3cc4c(cc3C(C)(C)C)-c3ccccc3-c3ccccc3-c3ccccc3-4)cccc21. The first-order chi connectivity index (χ1) is 22.5. The van der Waals surface area contributed by atoms with Crippen LogP contribution in [0, 0.1) is 0 Å². The van der Waals surface area contributed by atoms with E-state index in [1.807, 2.05) is 42.9 Å². The van der Waals surface area contributed by atoms with E-state index < -0.39 is 14.5 Å². The van der Waals surface area contributed by atoms with Crippen molar-refractivity contribution >= 4 is 18.4 Å². The predicted molar refractivity (Wildman–Crippen MR) is 189 cm³/mol. The lowest BCUT2D eigenvalue weighted by Crippen LogP contribution is -2.56. The van der Waals surface area contributed by atoms with Gasteiger partial charge in [-0.25, -0.2) is 0 Å². The Morgan fingerprint density at radius 2 is 0.955 bits per heavy atom. The second-order valence-electron chi connectivity index (χ2n) is 13.2. The number of hydrogen-bond donors (Lipinski definition) is 0. The van der Waals surface area contributed by atoms with Crippen LogP contribution in [-0.4, -0.2) is 8.07 Å². The Labute approximate surface area is 266 Å². The Hall–Kier alpha value is -4.66. The van der Waals surface area contributed by atoms with E-state index in [-0.39, 0.29) is 5.41 Å². The van der Waals surface area contributed by atoms with Gasteiger partial charge in [0.25, 0.3) is 0 Å². The van der Waals surface area contributed by atoms with Crippen LogP contribution < -0.4 is 15.1 Å². The number of para-hydroxylation sites is 2. The Morgan fingerprint density at radius 1 is 0.500 bits per heavy atom. The van der Waals surface area contributed by atoms with E-state index in [0.29, 0.717) is 11.5 Å². The van der Waals surface area contributed by atoms with Crippen LogP contribution in [0.15, 0.2) is 127 Å². The fraction of sp³-hybridized carbons (Fsp3) is 0.143. The topological polar surface area (TPSA) is 9.23 Å². The second kappa shape index (κ2) is 9.67. The molecular weight excluding hydrogens is 549 g/mol. The first kappa shape index (κ1) is 23.8. The number of benzene rings is 6. The van der Waals surface area contributed by atoms with Gasteiger partial charge >= 0.3 is 0 Å². The van der Waals surface area contributed by atoms with Gasteiger partial charge in [0, 0.05) is 9.68 Å². The third-order valence-electron chi connectivity index (χ3n) is 9.39. The number of rotatable bonds is 1. The van der Waals surface area contributed by atoms with Crippen LogP contribution in [0.25, 0.3) is 55.6 Å². The number of ether oxygens (including phenoxy) is 1. The van der Waals surface area contributed by atoms with E-state index in [1.54, 1.807) is 0 Å². The van der Waals surface area contributed by atoms with Crippen LogP contribution in [-0.2, 0) is 5.41 Å². The third-order valence-corrected chi connectivity index (χ3v) is 12.4. The first-order valence-corrected chi connectivity index (χ1v) is 17.9. The van der Waals surface area contributed by atoms with Gasteiger partial charge in [-0.05, 0) is 89.6 Å². The van der Waals surface area contributed by atoms with Crippen LogP contribution in [0.5, 0.6) is 11.5 Å². The maximum Gasteiger partial charge on any atom is 0.134 e. The number of fused-ring (bicyclic) bond motifs is 10. The molecule has 0 fully saturated rings. The minimum atomic E-state index is -3.22. The molecular formula is C42H36OSi. The molecule has 0 saturated heterocycles. The Kier molecular flexibility index (Phi) is 5.22. The lowest BCUT2D eigenvalue weighted by molar-refractivity contribution is 0.488. The van der Waals surface area contributed by atoms with Crippen molar-refractivity contribution in [3.63, 3.8) is 0 Å². The molecule has 2 aliphatic rings. The fourth-order valence-corrected chi connectivity index (χ4v) is 9.64. The van der Waals surface area contributed by atoms with Crippen molar-refractivity contribution in [2.75, 3.05) is 0 Å². The molecule has 0 aromatic heterocycles. The minimum Gasteiger partial charge on any atom is -0.457 e. The van der Waals surface area contributed by atoms with Gasteiger partial charge in [0.05, 0.1) is 0 Å². The fourth-order valence-electron chi connectivity index (χ4n) is 7.22. The molecule has 1 heterocycles. The van der Waals surface area contributed by atoms with Crippen molar-refractivity contribution in [2.45, 2.75) is 39.2 Å². The largest absolute Gasteiger partial charge is 0.457 e. The highest BCUT2D eigenvalue weighted by Gasteiger charge is 2.38. The average molecular weight is 588 g/mol. The molecule has 1 aliphatic carbocycles. The molecule has 214 valence electrons. The highest BCUT2D eigenvalue weighted by molar-refractivity contribution is 7.01. The summed E-state index contributed by atoms with van der Waals surface area (Å²) in [5.41, 5.74) is 12.5. The summed E-state index contributed by atoms with van der Waals surface area (Å²) in [5, 5.41) is 1.64. The van der Waals surface area contributed by atoms with Gasteiger partial charge in [-0.2, -0.15) is 0 Å². The monoisotopic (exact) mass is 587 g/mol. The van der Waals surface area contributed by atoms with Gasteiger partial charge < -0.3 is 4.74 Å².